The zero-order chi connectivity index (χ0) is 17.2. The van der Waals surface area contributed by atoms with Gasteiger partial charge in [-0.1, -0.05) is 35.9 Å². The third-order valence-electron chi connectivity index (χ3n) is 4.46. The van der Waals surface area contributed by atoms with Crippen LogP contribution < -0.4 is 10.2 Å². The predicted molar refractivity (Wildman–Crippen MR) is 101 cm³/mol. The highest BCUT2D eigenvalue weighted by Gasteiger charge is 2.25. The maximum atomic E-state index is 12.9. The van der Waals surface area contributed by atoms with E-state index in [0.29, 0.717) is 12.1 Å². The quantitative estimate of drug-likeness (QED) is 0.777. The van der Waals surface area contributed by atoms with Gasteiger partial charge in [0.05, 0.1) is 17.4 Å². The van der Waals surface area contributed by atoms with Gasteiger partial charge < -0.3 is 10.2 Å². The lowest BCUT2D eigenvalue weighted by Crippen LogP contribution is -2.29. The van der Waals surface area contributed by atoms with Crippen molar-refractivity contribution in [2.75, 3.05) is 16.8 Å². The molecule has 0 spiro atoms. The maximum Gasteiger partial charge on any atom is 0.259 e. The minimum absolute atomic E-state index is 0.00925. The van der Waals surface area contributed by atoms with E-state index in [9.17, 15) is 4.79 Å². The fourth-order valence-corrected chi connectivity index (χ4v) is 3.13. The first-order chi connectivity index (χ1) is 12.2. The summed E-state index contributed by atoms with van der Waals surface area (Å²) >= 11 is 0. The number of nitrogens with zero attached hydrogens (tertiary/aromatic N) is 2. The zero-order valence-electron chi connectivity index (χ0n) is 14.1. The molecule has 0 saturated carbocycles. The molecule has 2 heterocycles. The topological polar surface area (TPSA) is 45.2 Å². The molecule has 4 rings (SSSR count). The van der Waals surface area contributed by atoms with Gasteiger partial charge in [-0.3, -0.25) is 9.78 Å². The molecule has 1 aliphatic rings. The molecule has 0 aliphatic carbocycles. The van der Waals surface area contributed by atoms with Crippen LogP contribution in [0.1, 0.15) is 21.5 Å². The van der Waals surface area contributed by atoms with E-state index in [1.54, 1.807) is 12.4 Å². The van der Waals surface area contributed by atoms with Crippen LogP contribution >= 0.6 is 0 Å². The highest BCUT2D eigenvalue weighted by atomic mass is 16.2. The molecule has 0 unspecified atom stereocenters. The summed E-state index contributed by atoms with van der Waals surface area (Å²) in [6.45, 7) is 2.77. The van der Waals surface area contributed by atoms with Crippen LogP contribution in [0.25, 0.3) is 0 Å². The van der Waals surface area contributed by atoms with E-state index < -0.39 is 0 Å². The third-order valence-corrected chi connectivity index (χ3v) is 4.46. The van der Waals surface area contributed by atoms with Crippen LogP contribution in [-0.4, -0.2) is 17.4 Å². The summed E-state index contributed by atoms with van der Waals surface area (Å²) in [5.74, 6) is -0.00925. The molecule has 0 bridgehead atoms. The standard InChI is InChI=1S/C21H19N3O/c1-15-6-8-18(9-7-15)23-19-12-17(13-22-14-19)21(25)24-11-10-16-4-2-3-5-20(16)24/h2-9,12-14,23H,10-11H2,1H3. The van der Waals surface area contributed by atoms with Crippen molar-refractivity contribution in [2.45, 2.75) is 13.3 Å². The van der Waals surface area contributed by atoms with Crippen molar-refractivity contribution in [3.05, 3.63) is 83.7 Å². The highest BCUT2D eigenvalue weighted by molar-refractivity contribution is 6.07. The van der Waals surface area contributed by atoms with Crippen LogP contribution in [0.4, 0.5) is 17.1 Å². The Morgan fingerprint density at radius 1 is 1.04 bits per heavy atom. The Labute approximate surface area is 147 Å². The Balaban J connectivity index is 1.57. The number of rotatable bonds is 3. The lowest BCUT2D eigenvalue weighted by Gasteiger charge is -2.17. The smallest absolute Gasteiger partial charge is 0.259 e. The molecule has 0 fully saturated rings. The second-order valence-electron chi connectivity index (χ2n) is 6.29. The number of nitrogens with one attached hydrogen (secondary N) is 1. The number of aryl methyl sites for hydroxylation is 1. The molecule has 124 valence electrons. The first-order valence-electron chi connectivity index (χ1n) is 8.39. The Hall–Kier alpha value is -3.14. The van der Waals surface area contributed by atoms with Crippen molar-refractivity contribution in [1.29, 1.82) is 0 Å². The predicted octanol–water partition coefficient (Wildman–Crippen LogP) is 4.34. The maximum absolute atomic E-state index is 12.9. The highest BCUT2D eigenvalue weighted by Crippen LogP contribution is 2.29. The van der Waals surface area contributed by atoms with E-state index in [2.05, 4.69) is 23.3 Å². The number of aromatic nitrogens is 1. The number of amides is 1. The summed E-state index contributed by atoms with van der Waals surface area (Å²) in [5.41, 5.74) is 5.81. The normalized spacial score (nSPS) is 12.8. The van der Waals surface area contributed by atoms with Gasteiger partial charge in [-0.25, -0.2) is 0 Å². The van der Waals surface area contributed by atoms with Gasteiger partial charge in [-0.2, -0.15) is 0 Å². The van der Waals surface area contributed by atoms with Crippen LogP contribution in [0.3, 0.4) is 0 Å². The molecule has 2 aromatic carbocycles. The van der Waals surface area contributed by atoms with E-state index in [1.807, 2.05) is 53.4 Å². The van der Waals surface area contributed by atoms with Crippen LogP contribution in [0.15, 0.2) is 67.0 Å². The van der Waals surface area contributed by atoms with Gasteiger partial charge in [0, 0.05) is 24.1 Å². The Morgan fingerprint density at radius 3 is 2.68 bits per heavy atom. The Bertz CT molecular complexity index is 918. The number of hydrogen-bond donors (Lipinski definition) is 1. The largest absolute Gasteiger partial charge is 0.354 e. The zero-order valence-corrected chi connectivity index (χ0v) is 14.1. The van der Waals surface area contributed by atoms with Gasteiger partial charge in [-0.05, 0) is 43.2 Å². The van der Waals surface area contributed by atoms with Gasteiger partial charge in [-0.15, -0.1) is 0 Å². The van der Waals surface area contributed by atoms with Crippen LogP contribution in [0.5, 0.6) is 0 Å². The van der Waals surface area contributed by atoms with Crippen molar-refractivity contribution in [2.24, 2.45) is 0 Å². The van der Waals surface area contributed by atoms with E-state index in [-0.39, 0.29) is 5.91 Å². The summed E-state index contributed by atoms with van der Waals surface area (Å²) in [5, 5.41) is 3.30. The van der Waals surface area contributed by atoms with E-state index >= 15 is 0 Å². The number of pyridine rings is 1. The number of carbonyl (C=O) groups is 1. The first kappa shape index (κ1) is 15.4. The number of benzene rings is 2. The van der Waals surface area contributed by atoms with Gasteiger partial charge in [0.15, 0.2) is 0 Å². The Morgan fingerprint density at radius 2 is 1.84 bits per heavy atom. The molecule has 0 atom stereocenters. The van der Waals surface area contributed by atoms with Gasteiger partial charge in [0.25, 0.3) is 5.91 Å². The van der Waals surface area contributed by atoms with Crippen molar-refractivity contribution >= 4 is 23.0 Å². The van der Waals surface area contributed by atoms with E-state index in [4.69, 9.17) is 0 Å². The third kappa shape index (κ3) is 3.11. The fourth-order valence-electron chi connectivity index (χ4n) is 3.13. The first-order valence-corrected chi connectivity index (χ1v) is 8.39. The molecule has 0 saturated heterocycles. The monoisotopic (exact) mass is 329 g/mol. The summed E-state index contributed by atoms with van der Waals surface area (Å²) in [6.07, 6.45) is 4.26. The minimum atomic E-state index is -0.00925. The molecule has 1 aromatic heterocycles. The molecule has 1 amide bonds. The molecule has 4 heteroatoms. The number of fused-ring (bicyclic) bond motifs is 1. The lowest BCUT2D eigenvalue weighted by atomic mass is 10.1. The summed E-state index contributed by atoms with van der Waals surface area (Å²) in [7, 11) is 0. The molecule has 1 N–H and O–H groups in total. The summed E-state index contributed by atoms with van der Waals surface area (Å²) in [4.78, 5) is 19.0. The van der Waals surface area contributed by atoms with Crippen molar-refractivity contribution in [1.82, 2.24) is 4.98 Å². The second-order valence-corrected chi connectivity index (χ2v) is 6.29. The van der Waals surface area contributed by atoms with Gasteiger partial charge in [0.2, 0.25) is 0 Å². The van der Waals surface area contributed by atoms with Gasteiger partial charge >= 0.3 is 0 Å². The number of para-hydroxylation sites is 1. The molecule has 4 nitrogen and oxygen atoms in total. The SMILES string of the molecule is Cc1ccc(Nc2cncc(C(=O)N3CCc4ccccc43)c2)cc1. The molecular formula is C21H19N3O. The van der Waals surface area contributed by atoms with Crippen LogP contribution in [0.2, 0.25) is 0 Å². The average Bonchev–Trinajstić information content (AvgIpc) is 3.07. The fraction of sp³-hybridized carbons (Fsp3) is 0.143. The van der Waals surface area contributed by atoms with E-state index in [1.165, 1.54) is 11.1 Å². The number of anilines is 3. The Kier molecular flexibility index (Phi) is 3.94. The number of carbonyl (C=O) groups excluding carboxylic acids is 1. The second kappa shape index (κ2) is 6.40. The summed E-state index contributed by atoms with van der Waals surface area (Å²) < 4.78 is 0. The van der Waals surface area contributed by atoms with Crippen LogP contribution in [0, 0.1) is 6.92 Å². The number of hydrogen-bond acceptors (Lipinski definition) is 3. The van der Waals surface area contributed by atoms with Crippen LogP contribution in [-0.2, 0) is 6.42 Å². The van der Waals surface area contributed by atoms with Crippen molar-refractivity contribution < 1.29 is 4.79 Å². The van der Waals surface area contributed by atoms with Crippen molar-refractivity contribution in [3.8, 4) is 0 Å². The molecule has 25 heavy (non-hydrogen) atoms. The van der Waals surface area contributed by atoms with Crippen molar-refractivity contribution in [3.63, 3.8) is 0 Å². The minimum Gasteiger partial charge on any atom is -0.354 e. The summed E-state index contributed by atoms with van der Waals surface area (Å²) in [6, 6.07) is 18.0. The lowest BCUT2D eigenvalue weighted by molar-refractivity contribution is 0.0989. The molecule has 1 aliphatic heterocycles. The molecule has 3 aromatic rings. The molecular weight excluding hydrogens is 310 g/mol. The average molecular weight is 329 g/mol. The molecule has 0 radical (unpaired) electrons. The van der Waals surface area contributed by atoms with E-state index in [0.717, 1.165) is 23.5 Å². The van der Waals surface area contributed by atoms with Gasteiger partial charge in [0.1, 0.15) is 0 Å².